The molecule has 0 fully saturated rings. The van der Waals surface area contributed by atoms with Crippen LogP contribution in [-0.4, -0.2) is 21.4 Å². The maximum atomic E-state index is 7.24. The summed E-state index contributed by atoms with van der Waals surface area (Å²) in [6, 6.07) is 22.7. The highest BCUT2D eigenvalue weighted by molar-refractivity contribution is 6.32. The molecule has 1 aliphatic heterocycles. The van der Waals surface area contributed by atoms with Gasteiger partial charge in [-0.2, -0.15) is 4.58 Å². The van der Waals surface area contributed by atoms with Crippen molar-refractivity contribution in [1.82, 2.24) is 4.57 Å². The first-order chi connectivity index (χ1) is 22.0. The third kappa shape index (κ3) is 5.18. The van der Waals surface area contributed by atoms with E-state index < -0.39 is 0 Å². The zero-order valence-corrected chi connectivity index (χ0v) is 28.0. The zero-order valence-electron chi connectivity index (χ0n) is 27.2. The van der Waals surface area contributed by atoms with Gasteiger partial charge in [0, 0.05) is 51.8 Å². The summed E-state index contributed by atoms with van der Waals surface area (Å²) in [6.07, 6.45) is 17.1. The fraction of sp³-hybridized carbons (Fsp3) is 0.310. The van der Waals surface area contributed by atoms with E-state index in [0.29, 0.717) is 0 Å². The van der Waals surface area contributed by atoms with E-state index in [1.54, 1.807) is 0 Å². The van der Waals surface area contributed by atoms with Crippen molar-refractivity contribution in [1.29, 1.82) is 0 Å². The molecule has 2 aliphatic rings. The first-order valence-electron chi connectivity index (χ1n) is 17.0. The topological polar surface area (TPSA) is 7.94 Å². The Kier molecular flexibility index (Phi) is 8.27. The van der Waals surface area contributed by atoms with Crippen LogP contribution in [-0.2, 0) is 6.54 Å². The first kappa shape index (κ1) is 29.8. The van der Waals surface area contributed by atoms with Gasteiger partial charge in [-0.25, -0.2) is 0 Å². The molecule has 0 atom stereocenters. The smallest absolute Gasteiger partial charge is 0.214 e. The van der Waals surface area contributed by atoms with Crippen molar-refractivity contribution in [3.8, 4) is 0 Å². The molecule has 3 heteroatoms. The van der Waals surface area contributed by atoms with Gasteiger partial charge >= 0.3 is 0 Å². The van der Waals surface area contributed by atoms with Gasteiger partial charge in [0.15, 0.2) is 0 Å². The molecule has 4 aromatic carbocycles. The van der Waals surface area contributed by atoms with Gasteiger partial charge in [-0.1, -0.05) is 92.9 Å². The van der Waals surface area contributed by atoms with Gasteiger partial charge in [0.2, 0.25) is 11.4 Å². The SMILES string of the molecule is CCCCn1c(=CC=C2CCCC(C=CC3=[N+](CCCC)c4ccc(C)c5cccc3c45)=C2Cl)c2cccc3c(C)ccc1c32. The Morgan fingerprint density at radius 3 is 2.31 bits per heavy atom. The van der Waals surface area contributed by atoms with Gasteiger partial charge in [0.1, 0.15) is 6.54 Å². The number of rotatable bonds is 9. The van der Waals surface area contributed by atoms with E-state index in [0.717, 1.165) is 50.2 Å². The molecule has 1 aliphatic carbocycles. The van der Waals surface area contributed by atoms with Crippen molar-refractivity contribution in [3.05, 3.63) is 117 Å². The fourth-order valence-electron chi connectivity index (χ4n) is 7.54. The minimum Gasteiger partial charge on any atom is -0.340 e. The van der Waals surface area contributed by atoms with Crippen LogP contribution in [0.4, 0.5) is 5.69 Å². The van der Waals surface area contributed by atoms with Crippen molar-refractivity contribution in [2.75, 3.05) is 6.54 Å². The lowest BCUT2D eigenvalue weighted by Crippen LogP contribution is -2.16. The quantitative estimate of drug-likeness (QED) is 0.146. The molecule has 0 saturated carbocycles. The maximum Gasteiger partial charge on any atom is 0.214 e. The average Bonchev–Trinajstić information content (AvgIpc) is 3.53. The van der Waals surface area contributed by atoms with Crippen molar-refractivity contribution in [3.63, 3.8) is 0 Å². The molecule has 45 heavy (non-hydrogen) atoms. The molecular weight excluding hydrogens is 568 g/mol. The number of aromatic nitrogens is 1. The summed E-state index contributed by atoms with van der Waals surface area (Å²) in [4.78, 5) is 0. The number of halogens is 1. The number of hydrogen-bond donors (Lipinski definition) is 0. The van der Waals surface area contributed by atoms with E-state index in [4.69, 9.17) is 11.6 Å². The summed E-state index contributed by atoms with van der Waals surface area (Å²) in [5.41, 5.74) is 10.5. The van der Waals surface area contributed by atoms with Crippen LogP contribution < -0.4 is 5.35 Å². The second-order valence-electron chi connectivity index (χ2n) is 12.9. The summed E-state index contributed by atoms with van der Waals surface area (Å²) in [7, 11) is 0. The summed E-state index contributed by atoms with van der Waals surface area (Å²) in [5.74, 6) is 0. The van der Waals surface area contributed by atoms with Gasteiger partial charge in [0.05, 0.1) is 10.9 Å². The van der Waals surface area contributed by atoms with Crippen LogP contribution >= 0.6 is 11.6 Å². The van der Waals surface area contributed by atoms with Crippen molar-refractivity contribution in [2.45, 2.75) is 79.2 Å². The molecule has 1 aromatic heterocycles. The summed E-state index contributed by atoms with van der Waals surface area (Å²) in [6.45, 7) is 11.0. The lowest BCUT2D eigenvalue weighted by Gasteiger charge is -2.16. The molecule has 0 amide bonds. The number of nitrogens with zero attached hydrogens (tertiary/aromatic N) is 2. The summed E-state index contributed by atoms with van der Waals surface area (Å²) in [5, 5.41) is 9.04. The molecule has 7 rings (SSSR count). The van der Waals surface area contributed by atoms with E-state index in [2.05, 4.69) is 122 Å². The molecule has 0 bridgehead atoms. The van der Waals surface area contributed by atoms with Crippen molar-refractivity contribution < 1.29 is 4.58 Å². The third-order valence-corrected chi connectivity index (χ3v) is 10.5. The van der Waals surface area contributed by atoms with Crippen LogP contribution in [0.2, 0.25) is 0 Å². The van der Waals surface area contributed by atoms with Gasteiger partial charge in [-0.05, 0) is 90.8 Å². The Balaban J connectivity index is 1.30. The van der Waals surface area contributed by atoms with E-state index in [9.17, 15) is 0 Å². The predicted octanol–water partition coefficient (Wildman–Crippen LogP) is 11.0. The van der Waals surface area contributed by atoms with Gasteiger partial charge in [-0.3, -0.25) is 0 Å². The lowest BCUT2D eigenvalue weighted by molar-refractivity contribution is -0.436. The molecule has 0 radical (unpaired) electrons. The molecule has 0 spiro atoms. The van der Waals surface area contributed by atoms with Crippen LogP contribution in [0, 0.1) is 13.8 Å². The molecule has 0 unspecified atom stereocenters. The summed E-state index contributed by atoms with van der Waals surface area (Å²) >= 11 is 7.24. The number of unbranched alkanes of at least 4 members (excludes halogenated alkanes) is 2. The molecule has 0 saturated heterocycles. The maximum absolute atomic E-state index is 7.24. The Labute approximate surface area is 272 Å². The predicted molar refractivity (Wildman–Crippen MR) is 195 cm³/mol. The third-order valence-electron chi connectivity index (χ3n) is 10.00. The lowest BCUT2D eigenvalue weighted by atomic mass is 9.93. The molecule has 5 aromatic rings. The van der Waals surface area contributed by atoms with Crippen LogP contribution in [0.3, 0.4) is 0 Å². The number of aryl methyl sites for hydroxylation is 3. The van der Waals surface area contributed by atoms with Gasteiger partial charge in [-0.15, -0.1) is 0 Å². The van der Waals surface area contributed by atoms with Gasteiger partial charge < -0.3 is 4.57 Å². The molecule has 2 nitrogen and oxygen atoms in total. The van der Waals surface area contributed by atoms with Crippen molar-refractivity contribution >= 4 is 61.5 Å². The molecule has 2 heterocycles. The highest BCUT2D eigenvalue weighted by atomic mass is 35.5. The fourth-order valence-corrected chi connectivity index (χ4v) is 7.85. The second kappa shape index (κ2) is 12.5. The van der Waals surface area contributed by atoms with E-state index in [1.807, 2.05) is 0 Å². The minimum absolute atomic E-state index is 0.921. The number of hydrogen-bond acceptors (Lipinski definition) is 0. The minimum atomic E-state index is 0.921. The van der Waals surface area contributed by atoms with E-state index >= 15 is 0 Å². The first-order valence-corrected chi connectivity index (χ1v) is 17.3. The normalized spacial score (nSPS) is 16.7. The Morgan fingerprint density at radius 2 is 1.51 bits per heavy atom. The van der Waals surface area contributed by atoms with Crippen LogP contribution in [0.1, 0.15) is 75.5 Å². The average molecular weight is 612 g/mol. The Bertz CT molecular complexity index is 2130. The second-order valence-corrected chi connectivity index (χ2v) is 13.3. The van der Waals surface area contributed by atoms with Crippen molar-refractivity contribution in [2.24, 2.45) is 0 Å². The van der Waals surface area contributed by atoms with Crippen LogP contribution in [0.5, 0.6) is 0 Å². The molecule has 0 N–H and O–H groups in total. The monoisotopic (exact) mass is 611 g/mol. The molecule has 228 valence electrons. The van der Waals surface area contributed by atoms with E-state index in [1.165, 1.54) is 89.9 Å². The zero-order chi connectivity index (χ0) is 31.1. The standard InChI is InChI=1S/C42H44ClN2/c1-5-7-26-44-36(34-16-10-14-32-28(3)18-22-38(44)40(32)34)24-20-30-12-9-13-31(42(30)43)21-25-37-35-17-11-15-33-29(4)19-23-39(41(33)35)45(37)27-8-6-2/h10-11,14-25H,5-9,12-13,26-27H2,1-4H3/q+1. The Morgan fingerprint density at radius 1 is 0.778 bits per heavy atom. The van der Waals surface area contributed by atoms with E-state index in [-0.39, 0.29) is 0 Å². The Hall–Kier alpha value is -3.88. The number of benzene rings is 4. The van der Waals surface area contributed by atoms with Crippen LogP contribution in [0.25, 0.3) is 38.5 Å². The largest absolute Gasteiger partial charge is 0.340 e. The van der Waals surface area contributed by atoms with Crippen LogP contribution in [0.15, 0.2) is 95.1 Å². The highest BCUT2D eigenvalue weighted by Gasteiger charge is 2.30. The highest BCUT2D eigenvalue weighted by Crippen LogP contribution is 2.38. The van der Waals surface area contributed by atoms with Gasteiger partial charge in [0.25, 0.3) is 0 Å². The molecular formula is C42H44ClN2+. The summed E-state index contributed by atoms with van der Waals surface area (Å²) < 4.78 is 5.06. The number of allylic oxidation sites excluding steroid dienone is 6.